The third-order valence-electron chi connectivity index (χ3n) is 6.29. The number of fused-ring (bicyclic) bond motifs is 1. The summed E-state index contributed by atoms with van der Waals surface area (Å²) < 4.78 is 5.68. The van der Waals surface area contributed by atoms with Crippen LogP contribution >= 0.6 is 0 Å². The molecule has 1 heterocycles. The van der Waals surface area contributed by atoms with Gasteiger partial charge in [-0.15, -0.1) is 0 Å². The van der Waals surface area contributed by atoms with Crippen LogP contribution in [-0.2, 0) is 0 Å². The predicted octanol–water partition coefficient (Wildman–Crippen LogP) is 5.03. The fourth-order valence-corrected chi connectivity index (χ4v) is 4.34. The first kappa shape index (κ1) is 23.8. The number of ether oxygens (including phenoxy) is 1. The summed E-state index contributed by atoms with van der Waals surface area (Å²) in [4.78, 5) is 24.2. The van der Waals surface area contributed by atoms with Gasteiger partial charge in [0.15, 0.2) is 0 Å². The van der Waals surface area contributed by atoms with Crippen LogP contribution in [0.25, 0.3) is 10.9 Å². The van der Waals surface area contributed by atoms with Crippen molar-refractivity contribution in [3.8, 4) is 5.75 Å². The second-order valence-corrected chi connectivity index (χ2v) is 9.18. The highest BCUT2D eigenvalue weighted by Crippen LogP contribution is 2.26. The van der Waals surface area contributed by atoms with Gasteiger partial charge in [0, 0.05) is 37.1 Å². The van der Waals surface area contributed by atoms with Gasteiger partial charge in [0.1, 0.15) is 11.6 Å². The molecule has 1 amide bonds. The zero-order chi connectivity index (χ0) is 23.9. The number of rotatable bonds is 9. The third kappa shape index (κ3) is 5.95. The van der Waals surface area contributed by atoms with Gasteiger partial charge < -0.3 is 20.3 Å². The number of anilines is 2. The Morgan fingerprint density at radius 1 is 1.00 bits per heavy atom. The first-order chi connectivity index (χ1) is 16.5. The number of hydrogen-bond acceptors (Lipinski definition) is 6. The highest BCUT2D eigenvalue weighted by Gasteiger charge is 2.24. The van der Waals surface area contributed by atoms with Crippen molar-refractivity contribution in [3.63, 3.8) is 0 Å². The summed E-state index contributed by atoms with van der Waals surface area (Å²) >= 11 is 0. The molecule has 2 N–H and O–H groups in total. The van der Waals surface area contributed by atoms with E-state index in [1.54, 1.807) is 0 Å². The fraction of sp³-hybridized carbons (Fsp3) is 0.444. The maximum atomic E-state index is 12.7. The molecule has 0 bridgehead atoms. The van der Waals surface area contributed by atoms with Crippen LogP contribution in [0, 0.1) is 0 Å². The van der Waals surface area contributed by atoms with Gasteiger partial charge in [-0.2, -0.15) is 4.98 Å². The maximum absolute atomic E-state index is 12.7. The Morgan fingerprint density at radius 2 is 1.71 bits per heavy atom. The van der Waals surface area contributed by atoms with Crippen molar-refractivity contribution in [2.24, 2.45) is 0 Å². The van der Waals surface area contributed by atoms with E-state index >= 15 is 0 Å². The van der Waals surface area contributed by atoms with Gasteiger partial charge >= 0.3 is 0 Å². The van der Waals surface area contributed by atoms with Crippen molar-refractivity contribution in [1.82, 2.24) is 15.3 Å². The summed E-state index contributed by atoms with van der Waals surface area (Å²) in [6, 6.07) is 16.0. The number of benzene rings is 2. The minimum Gasteiger partial charge on any atom is -0.494 e. The van der Waals surface area contributed by atoms with Gasteiger partial charge in [-0.1, -0.05) is 25.5 Å². The number of unbranched alkanes of at least 4 members (excludes halogenated alkanes) is 1. The van der Waals surface area contributed by atoms with Gasteiger partial charge in [-0.05, 0) is 68.5 Å². The highest BCUT2D eigenvalue weighted by molar-refractivity contribution is 5.94. The van der Waals surface area contributed by atoms with Gasteiger partial charge in [-0.25, -0.2) is 4.98 Å². The van der Waals surface area contributed by atoms with Crippen molar-refractivity contribution in [2.75, 3.05) is 30.9 Å². The lowest BCUT2D eigenvalue weighted by atomic mass is 9.91. The Balaban J connectivity index is 1.29. The molecule has 4 rings (SSSR count). The van der Waals surface area contributed by atoms with E-state index in [4.69, 9.17) is 14.7 Å². The molecule has 0 atom stereocenters. The van der Waals surface area contributed by atoms with E-state index < -0.39 is 0 Å². The van der Waals surface area contributed by atoms with Crippen molar-refractivity contribution in [2.45, 2.75) is 57.5 Å². The van der Waals surface area contributed by atoms with Crippen LogP contribution < -0.4 is 20.3 Å². The molecule has 180 valence electrons. The Kier molecular flexibility index (Phi) is 7.83. The lowest BCUT2D eigenvalue weighted by Crippen LogP contribution is -2.40. The molecule has 0 unspecified atom stereocenters. The van der Waals surface area contributed by atoms with Crippen molar-refractivity contribution >= 4 is 28.6 Å². The van der Waals surface area contributed by atoms with E-state index in [-0.39, 0.29) is 11.9 Å². The molecular formula is C27H35N5O2. The number of nitrogens with zero attached hydrogens (tertiary/aromatic N) is 3. The minimum atomic E-state index is -0.0231. The molecule has 1 aliphatic carbocycles. The maximum Gasteiger partial charge on any atom is 0.251 e. The zero-order valence-electron chi connectivity index (χ0n) is 20.4. The molecule has 1 aliphatic rings. The number of carbonyl (C=O) groups is 1. The molecule has 0 saturated heterocycles. The van der Waals surface area contributed by atoms with Crippen LogP contribution in [-0.4, -0.2) is 48.7 Å². The molecule has 1 saturated carbocycles. The molecule has 7 nitrogen and oxygen atoms in total. The van der Waals surface area contributed by atoms with Crippen LogP contribution in [0.3, 0.4) is 0 Å². The fourth-order valence-electron chi connectivity index (χ4n) is 4.34. The second kappa shape index (κ2) is 11.2. The molecule has 2 aromatic carbocycles. The van der Waals surface area contributed by atoms with E-state index in [9.17, 15) is 4.79 Å². The summed E-state index contributed by atoms with van der Waals surface area (Å²) in [6.07, 6.45) is 5.91. The number of hydrogen-bond donors (Lipinski definition) is 2. The van der Waals surface area contributed by atoms with Gasteiger partial charge in [-0.3, -0.25) is 4.79 Å². The Morgan fingerprint density at radius 3 is 2.41 bits per heavy atom. The largest absolute Gasteiger partial charge is 0.494 e. The third-order valence-corrected chi connectivity index (χ3v) is 6.29. The van der Waals surface area contributed by atoms with E-state index in [2.05, 4.69) is 23.6 Å². The van der Waals surface area contributed by atoms with Gasteiger partial charge in [0.25, 0.3) is 5.91 Å². The van der Waals surface area contributed by atoms with E-state index in [1.807, 2.05) is 61.5 Å². The number of aromatic nitrogens is 2. The van der Waals surface area contributed by atoms with Crippen LogP contribution in [0.4, 0.5) is 11.8 Å². The van der Waals surface area contributed by atoms with Gasteiger partial charge in [0.2, 0.25) is 5.95 Å². The topological polar surface area (TPSA) is 79.4 Å². The summed E-state index contributed by atoms with van der Waals surface area (Å²) in [6.45, 7) is 2.85. The summed E-state index contributed by atoms with van der Waals surface area (Å²) in [5.41, 5.74) is 1.61. The Bertz CT molecular complexity index is 1090. The summed E-state index contributed by atoms with van der Waals surface area (Å²) in [7, 11) is 4.00. The predicted molar refractivity (Wildman–Crippen MR) is 138 cm³/mol. The van der Waals surface area contributed by atoms with Crippen molar-refractivity contribution in [3.05, 3.63) is 54.1 Å². The summed E-state index contributed by atoms with van der Waals surface area (Å²) in [5, 5.41) is 7.77. The Hall–Kier alpha value is -3.35. The molecule has 0 radical (unpaired) electrons. The highest BCUT2D eigenvalue weighted by atomic mass is 16.5. The van der Waals surface area contributed by atoms with Crippen LogP contribution in [0.2, 0.25) is 0 Å². The molecule has 1 fully saturated rings. The van der Waals surface area contributed by atoms with Crippen LogP contribution in [0.5, 0.6) is 5.75 Å². The monoisotopic (exact) mass is 461 g/mol. The standard InChI is InChI=1S/C27H35N5O2/c1-4-5-18-34-22-16-10-19(11-17-22)26(33)28-20-12-14-21(15-13-20)29-27-30-24-9-7-6-8-23(24)25(31-27)32(2)3/h6-11,16-17,20-21H,4-5,12-15,18H2,1-3H3,(H,28,33)(H,29,30,31)/t20-,21+. The normalized spacial score (nSPS) is 17.9. The molecule has 3 aromatic rings. The molecule has 0 spiro atoms. The molecule has 1 aromatic heterocycles. The SMILES string of the molecule is CCCCOc1ccc(C(=O)N[C@H]2CC[C@@H](Nc3nc(N(C)C)c4ccccc4n3)CC2)cc1. The van der Waals surface area contributed by atoms with E-state index in [0.717, 1.165) is 61.0 Å². The number of para-hydroxylation sites is 1. The molecule has 7 heteroatoms. The first-order valence-electron chi connectivity index (χ1n) is 12.3. The lowest BCUT2D eigenvalue weighted by Gasteiger charge is -2.30. The quantitative estimate of drug-likeness (QED) is 0.435. The smallest absolute Gasteiger partial charge is 0.251 e. The molecule has 34 heavy (non-hydrogen) atoms. The molecular weight excluding hydrogens is 426 g/mol. The zero-order valence-corrected chi connectivity index (χ0v) is 20.4. The van der Waals surface area contributed by atoms with E-state index in [0.29, 0.717) is 24.2 Å². The number of nitrogens with one attached hydrogen (secondary N) is 2. The van der Waals surface area contributed by atoms with E-state index in [1.165, 1.54) is 0 Å². The first-order valence-corrected chi connectivity index (χ1v) is 12.3. The van der Waals surface area contributed by atoms with Crippen molar-refractivity contribution in [1.29, 1.82) is 0 Å². The minimum absolute atomic E-state index is 0.0231. The van der Waals surface area contributed by atoms with Crippen molar-refractivity contribution < 1.29 is 9.53 Å². The van der Waals surface area contributed by atoms with Gasteiger partial charge in [0.05, 0.1) is 12.1 Å². The van der Waals surface area contributed by atoms with Crippen LogP contribution in [0.1, 0.15) is 55.8 Å². The molecule has 0 aliphatic heterocycles. The average Bonchev–Trinajstić information content (AvgIpc) is 2.85. The number of carbonyl (C=O) groups excluding carboxylic acids is 1. The second-order valence-electron chi connectivity index (χ2n) is 9.18. The Labute approximate surface area is 201 Å². The summed E-state index contributed by atoms with van der Waals surface area (Å²) in [5.74, 6) is 2.36. The lowest BCUT2D eigenvalue weighted by molar-refractivity contribution is 0.0926. The number of amides is 1. The van der Waals surface area contributed by atoms with Crippen LogP contribution in [0.15, 0.2) is 48.5 Å². The average molecular weight is 462 g/mol.